The molecule has 0 aromatic carbocycles. The highest BCUT2D eigenvalue weighted by atomic mass is 32.2. The number of hydrogen-bond donors (Lipinski definition) is 1. The smallest absolute Gasteiger partial charge is 0.155 e. The molecule has 5 heteroatoms. The van der Waals surface area contributed by atoms with E-state index < -0.39 is 9.84 Å². The van der Waals surface area contributed by atoms with Crippen molar-refractivity contribution in [3.8, 4) is 0 Å². The average molecular weight is 263 g/mol. The summed E-state index contributed by atoms with van der Waals surface area (Å²) in [6, 6.07) is 0.467. The molecule has 0 spiro atoms. The quantitative estimate of drug-likeness (QED) is 0.705. The molecule has 0 saturated carbocycles. The van der Waals surface area contributed by atoms with E-state index in [0.29, 0.717) is 24.8 Å². The minimum absolute atomic E-state index is 0.131. The first-order chi connectivity index (χ1) is 7.93. The molecule has 1 N–H and O–H groups in total. The SMILES string of the molecule is CC(C)NCCCCS(=O)(=O)C1CCOC1C. The second-order valence-corrected chi connectivity index (χ2v) is 7.43. The van der Waals surface area contributed by atoms with Gasteiger partial charge >= 0.3 is 0 Å². The Morgan fingerprint density at radius 1 is 1.35 bits per heavy atom. The molecule has 1 aliphatic rings. The number of unbranched alkanes of at least 4 members (excludes halogenated alkanes) is 1. The Balaban J connectivity index is 2.25. The molecule has 102 valence electrons. The number of sulfone groups is 1. The molecule has 1 fully saturated rings. The van der Waals surface area contributed by atoms with Gasteiger partial charge in [0.05, 0.1) is 17.1 Å². The minimum Gasteiger partial charge on any atom is -0.377 e. The van der Waals surface area contributed by atoms with Crippen molar-refractivity contribution >= 4 is 9.84 Å². The Morgan fingerprint density at radius 2 is 2.06 bits per heavy atom. The minimum atomic E-state index is -2.96. The fourth-order valence-electron chi connectivity index (χ4n) is 2.15. The highest BCUT2D eigenvalue weighted by molar-refractivity contribution is 7.92. The summed E-state index contributed by atoms with van der Waals surface area (Å²) in [6.45, 7) is 7.52. The lowest BCUT2D eigenvalue weighted by atomic mass is 10.3. The Bertz CT molecular complexity index is 314. The molecule has 0 amide bonds. The molecule has 1 saturated heterocycles. The van der Waals surface area contributed by atoms with E-state index >= 15 is 0 Å². The van der Waals surface area contributed by atoms with E-state index in [1.165, 1.54) is 0 Å². The predicted molar refractivity (Wildman–Crippen MR) is 70.0 cm³/mol. The van der Waals surface area contributed by atoms with Crippen molar-refractivity contribution in [2.24, 2.45) is 0 Å². The largest absolute Gasteiger partial charge is 0.377 e. The van der Waals surface area contributed by atoms with Crippen LogP contribution in [-0.4, -0.2) is 44.7 Å². The third kappa shape index (κ3) is 4.94. The second kappa shape index (κ2) is 6.71. The summed E-state index contributed by atoms with van der Waals surface area (Å²) in [4.78, 5) is 0. The molecule has 1 rings (SSSR count). The van der Waals surface area contributed by atoms with Gasteiger partial charge in [0.2, 0.25) is 0 Å². The zero-order valence-corrected chi connectivity index (χ0v) is 11.9. The standard InChI is InChI=1S/C12H25NO3S/c1-10(2)13-7-4-5-9-17(14,15)12-6-8-16-11(12)3/h10-13H,4-9H2,1-3H3. The lowest BCUT2D eigenvalue weighted by Crippen LogP contribution is -2.30. The maximum atomic E-state index is 12.0. The highest BCUT2D eigenvalue weighted by Crippen LogP contribution is 2.22. The van der Waals surface area contributed by atoms with Crippen LogP contribution in [0.1, 0.15) is 40.0 Å². The number of rotatable bonds is 7. The summed E-state index contributed by atoms with van der Waals surface area (Å²) in [5.74, 6) is 0.297. The third-order valence-electron chi connectivity index (χ3n) is 3.18. The van der Waals surface area contributed by atoms with Crippen LogP contribution in [0.2, 0.25) is 0 Å². The van der Waals surface area contributed by atoms with Crippen LogP contribution in [0.15, 0.2) is 0 Å². The van der Waals surface area contributed by atoms with E-state index in [1.54, 1.807) is 0 Å². The van der Waals surface area contributed by atoms with Crippen LogP contribution >= 0.6 is 0 Å². The lowest BCUT2D eigenvalue weighted by Gasteiger charge is -2.15. The van der Waals surface area contributed by atoms with Gasteiger partial charge in [-0.2, -0.15) is 0 Å². The summed E-state index contributed by atoms with van der Waals surface area (Å²) < 4.78 is 29.4. The maximum Gasteiger partial charge on any atom is 0.155 e. The maximum absolute atomic E-state index is 12.0. The second-order valence-electron chi connectivity index (χ2n) is 5.09. The molecule has 2 unspecified atom stereocenters. The summed E-state index contributed by atoms with van der Waals surface area (Å²) in [5.41, 5.74) is 0. The van der Waals surface area contributed by atoms with Crippen molar-refractivity contribution in [1.82, 2.24) is 5.32 Å². The fraction of sp³-hybridized carbons (Fsp3) is 1.00. The van der Waals surface area contributed by atoms with Gasteiger partial charge in [-0.05, 0) is 32.7 Å². The van der Waals surface area contributed by atoms with Crippen LogP contribution in [0.25, 0.3) is 0 Å². The van der Waals surface area contributed by atoms with Gasteiger partial charge in [-0.15, -0.1) is 0 Å². The first kappa shape index (κ1) is 14.9. The summed E-state index contributed by atoms with van der Waals surface area (Å²) in [7, 11) is -2.96. The first-order valence-corrected chi connectivity index (χ1v) is 8.21. The topological polar surface area (TPSA) is 55.4 Å². The van der Waals surface area contributed by atoms with Gasteiger partial charge < -0.3 is 10.1 Å². The van der Waals surface area contributed by atoms with Crippen molar-refractivity contribution in [1.29, 1.82) is 0 Å². The monoisotopic (exact) mass is 263 g/mol. The number of hydrogen-bond acceptors (Lipinski definition) is 4. The van der Waals surface area contributed by atoms with Crippen LogP contribution in [0.3, 0.4) is 0 Å². The first-order valence-electron chi connectivity index (χ1n) is 6.50. The molecule has 17 heavy (non-hydrogen) atoms. The van der Waals surface area contributed by atoms with Gasteiger partial charge in [-0.25, -0.2) is 8.42 Å². The normalized spacial score (nSPS) is 25.6. The predicted octanol–water partition coefficient (Wildman–Crippen LogP) is 1.36. The van der Waals surface area contributed by atoms with Crippen molar-refractivity contribution < 1.29 is 13.2 Å². The van der Waals surface area contributed by atoms with Gasteiger partial charge in [0.25, 0.3) is 0 Å². The molecule has 1 heterocycles. The molecule has 0 aromatic heterocycles. The van der Waals surface area contributed by atoms with Gasteiger partial charge in [0.1, 0.15) is 0 Å². The molecule has 2 atom stereocenters. The number of nitrogens with one attached hydrogen (secondary N) is 1. The van der Waals surface area contributed by atoms with E-state index in [9.17, 15) is 8.42 Å². The Hall–Kier alpha value is -0.130. The molecule has 1 aliphatic heterocycles. The van der Waals surface area contributed by atoms with E-state index in [4.69, 9.17) is 4.74 Å². The van der Waals surface area contributed by atoms with Gasteiger partial charge in [-0.1, -0.05) is 13.8 Å². The summed E-state index contributed by atoms with van der Waals surface area (Å²) >= 11 is 0. The van der Waals surface area contributed by atoms with E-state index in [0.717, 1.165) is 19.4 Å². The molecule has 0 aromatic rings. The van der Waals surface area contributed by atoms with Gasteiger partial charge in [0, 0.05) is 12.6 Å². The third-order valence-corrected chi connectivity index (χ3v) is 5.58. The van der Waals surface area contributed by atoms with Gasteiger partial charge in [-0.3, -0.25) is 0 Å². The Kier molecular flexibility index (Phi) is 5.89. The lowest BCUT2D eigenvalue weighted by molar-refractivity contribution is 0.126. The van der Waals surface area contributed by atoms with Crippen LogP contribution < -0.4 is 5.32 Å². The van der Waals surface area contributed by atoms with Crippen molar-refractivity contribution in [3.63, 3.8) is 0 Å². The molecular formula is C12H25NO3S. The Labute approximate surface area is 105 Å². The average Bonchev–Trinajstić information content (AvgIpc) is 2.64. The zero-order valence-electron chi connectivity index (χ0n) is 11.1. The summed E-state index contributed by atoms with van der Waals surface area (Å²) in [6.07, 6.45) is 2.19. The highest BCUT2D eigenvalue weighted by Gasteiger charge is 2.34. The van der Waals surface area contributed by atoms with E-state index in [1.807, 2.05) is 6.92 Å². The fourth-order valence-corrected chi connectivity index (χ4v) is 4.18. The van der Waals surface area contributed by atoms with Gasteiger partial charge in [0.15, 0.2) is 9.84 Å². The van der Waals surface area contributed by atoms with Crippen LogP contribution in [0, 0.1) is 0 Å². The number of ether oxygens (including phenoxy) is 1. The molecule has 0 radical (unpaired) electrons. The molecular weight excluding hydrogens is 238 g/mol. The molecule has 0 aliphatic carbocycles. The summed E-state index contributed by atoms with van der Waals surface area (Å²) in [5, 5.41) is 3.01. The van der Waals surface area contributed by atoms with Crippen LogP contribution in [-0.2, 0) is 14.6 Å². The molecule has 4 nitrogen and oxygen atoms in total. The Morgan fingerprint density at radius 3 is 2.59 bits per heavy atom. The van der Waals surface area contributed by atoms with Crippen molar-refractivity contribution in [3.05, 3.63) is 0 Å². The van der Waals surface area contributed by atoms with Crippen LogP contribution in [0.5, 0.6) is 0 Å². The van der Waals surface area contributed by atoms with Crippen LogP contribution in [0.4, 0.5) is 0 Å². The van der Waals surface area contributed by atoms with Crippen molar-refractivity contribution in [2.45, 2.75) is 57.4 Å². The zero-order chi connectivity index (χ0) is 12.9. The van der Waals surface area contributed by atoms with Crippen molar-refractivity contribution in [2.75, 3.05) is 18.9 Å². The van der Waals surface area contributed by atoms with E-state index in [-0.39, 0.29) is 11.4 Å². The van der Waals surface area contributed by atoms with E-state index in [2.05, 4.69) is 19.2 Å². The molecule has 0 bridgehead atoms.